The molecule has 0 fully saturated rings. The van der Waals surface area contributed by atoms with Gasteiger partial charge >= 0.3 is 0 Å². The summed E-state index contributed by atoms with van der Waals surface area (Å²) in [5, 5.41) is 10.9. The molecule has 9 heteroatoms. The molecule has 27 heavy (non-hydrogen) atoms. The summed E-state index contributed by atoms with van der Waals surface area (Å²) >= 11 is 10.4. The van der Waals surface area contributed by atoms with Crippen molar-refractivity contribution in [2.75, 3.05) is 0 Å². The average molecular weight is 471 g/mol. The van der Waals surface area contributed by atoms with Gasteiger partial charge in [0.25, 0.3) is 5.91 Å². The number of halogens is 4. The molecule has 1 amide bonds. The van der Waals surface area contributed by atoms with Crippen molar-refractivity contribution in [3.63, 3.8) is 0 Å². The minimum Gasteiger partial charge on any atom is -0.346 e. The maximum absolute atomic E-state index is 13.8. The molecule has 0 aliphatic carbocycles. The molecule has 2 aromatic carbocycles. The monoisotopic (exact) mass is 469 g/mol. The van der Waals surface area contributed by atoms with E-state index in [1.807, 2.05) is 0 Å². The summed E-state index contributed by atoms with van der Waals surface area (Å²) in [6.45, 7) is 0.223. The van der Waals surface area contributed by atoms with Crippen LogP contribution in [0.4, 0.5) is 8.78 Å². The zero-order valence-electron chi connectivity index (χ0n) is 13.5. The van der Waals surface area contributed by atoms with Gasteiger partial charge in [0.05, 0.1) is 5.03 Å². The van der Waals surface area contributed by atoms with Crippen molar-refractivity contribution in [2.45, 2.75) is 6.54 Å². The highest BCUT2D eigenvalue weighted by Gasteiger charge is 2.15. The van der Waals surface area contributed by atoms with Gasteiger partial charge in [-0.3, -0.25) is 4.79 Å². The first-order valence-electron chi connectivity index (χ1n) is 7.61. The summed E-state index contributed by atoms with van der Waals surface area (Å²) in [5.41, 5.74) is 1.03. The van der Waals surface area contributed by atoms with Crippen molar-refractivity contribution >= 4 is 55.9 Å². The third kappa shape index (κ3) is 5.18. The predicted octanol–water partition coefficient (Wildman–Crippen LogP) is 5.25. The van der Waals surface area contributed by atoms with E-state index in [2.05, 4.69) is 31.4 Å². The predicted molar refractivity (Wildman–Crippen MR) is 105 cm³/mol. The van der Waals surface area contributed by atoms with Crippen molar-refractivity contribution < 1.29 is 13.6 Å². The van der Waals surface area contributed by atoms with E-state index in [4.69, 9.17) is 11.6 Å². The Labute approximate surface area is 171 Å². The highest BCUT2D eigenvalue weighted by Crippen LogP contribution is 2.27. The fourth-order valence-corrected chi connectivity index (χ4v) is 3.41. The van der Waals surface area contributed by atoms with E-state index in [1.165, 1.54) is 24.3 Å². The quantitative estimate of drug-likeness (QED) is 0.554. The van der Waals surface area contributed by atoms with Crippen LogP contribution >= 0.6 is 38.9 Å². The van der Waals surface area contributed by atoms with Gasteiger partial charge in [0.1, 0.15) is 11.6 Å². The number of benzene rings is 2. The molecule has 0 saturated heterocycles. The number of aromatic nitrogens is 2. The first-order valence-corrected chi connectivity index (χ1v) is 9.60. The van der Waals surface area contributed by atoms with E-state index >= 15 is 0 Å². The molecule has 1 N–H and O–H groups in total. The van der Waals surface area contributed by atoms with Crippen LogP contribution in [0.3, 0.4) is 0 Å². The second-order valence-corrected chi connectivity index (χ2v) is 7.68. The second-order valence-electron chi connectivity index (χ2n) is 5.38. The van der Waals surface area contributed by atoms with Crippen molar-refractivity contribution in [1.82, 2.24) is 15.5 Å². The lowest BCUT2D eigenvalue weighted by Crippen LogP contribution is -2.22. The molecule has 1 heterocycles. The van der Waals surface area contributed by atoms with Crippen LogP contribution in [-0.2, 0) is 6.54 Å². The fraction of sp³-hybridized carbons (Fsp3) is 0.0556. The molecule has 0 spiro atoms. The summed E-state index contributed by atoms with van der Waals surface area (Å²) in [5.74, 6) is -1.21. The number of carbonyl (C=O) groups excluding carboxylic acids is 1. The largest absolute Gasteiger partial charge is 0.346 e. The van der Waals surface area contributed by atoms with E-state index in [1.54, 1.807) is 24.3 Å². The zero-order valence-corrected chi connectivity index (χ0v) is 16.7. The first-order chi connectivity index (χ1) is 12.9. The Bertz CT molecular complexity index is 1010. The summed E-state index contributed by atoms with van der Waals surface area (Å²) in [6, 6.07) is 10.3. The number of amides is 1. The molecule has 1 aromatic heterocycles. The molecule has 0 atom stereocenters. The maximum atomic E-state index is 13.8. The van der Waals surface area contributed by atoms with E-state index in [9.17, 15) is 13.6 Å². The van der Waals surface area contributed by atoms with Crippen LogP contribution in [0, 0.1) is 11.6 Å². The lowest BCUT2D eigenvalue weighted by molar-refractivity contribution is 0.0950. The van der Waals surface area contributed by atoms with Crippen LogP contribution in [0.15, 0.2) is 46.9 Å². The standard InChI is InChI=1S/C18H11BrClF2N3OS/c19-12-3-6-15(22)11(7-12)8-14(20)17-24-25-18(27-17)16(26)23-9-10-1-4-13(21)5-2-10/h1-8H,9H2,(H,23,26)/b14-8-. The number of nitrogens with zero attached hydrogens (tertiary/aromatic N) is 2. The summed E-state index contributed by atoms with van der Waals surface area (Å²) < 4.78 is 27.4. The Hall–Kier alpha value is -2.16. The lowest BCUT2D eigenvalue weighted by Gasteiger charge is -2.02. The van der Waals surface area contributed by atoms with E-state index in [0.717, 1.165) is 16.9 Å². The molecule has 3 rings (SSSR count). The van der Waals surface area contributed by atoms with Crippen LogP contribution in [0.5, 0.6) is 0 Å². The molecule has 138 valence electrons. The van der Waals surface area contributed by atoms with Gasteiger partial charge in [0.2, 0.25) is 5.01 Å². The highest BCUT2D eigenvalue weighted by molar-refractivity contribution is 9.10. The molecule has 4 nitrogen and oxygen atoms in total. The Morgan fingerprint density at radius 1 is 1.15 bits per heavy atom. The molecule has 3 aromatic rings. The Morgan fingerprint density at radius 2 is 1.85 bits per heavy atom. The fourth-order valence-electron chi connectivity index (χ4n) is 2.10. The normalized spacial score (nSPS) is 11.5. The van der Waals surface area contributed by atoms with Crippen LogP contribution in [0.2, 0.25) is 0 Å². The maximum Gasteiger partial charge on any atom is 0.282 e. The molecule has 0 saturated carbocycles. The molecule has 0 bridgehead atoms. The van der Waals surface area contributed by atoms with Gasteiger partial charge in [0, 0.05) is 16.6 Å². The SMILES string of the molecule is O=C(NCc1ccc(F)cc1)c1nnc(/C(Cl)=C/c2cc(Br)ccc2F)s1. The van der Waals surface area contributed by atoms with E-state index < -0.39 is 11.7 Å². The minimum absolute atomic E-state index is 0.119. The molecular formula is C18H11BrClF2N3OS. The van der Waals surface area contributed by atoms with Gasteiger partial charge in [-0.2, -0.15) is 0 Å². The van der Waals surface area contributed by atoms with Crippen molar-refractivity contribution in [2.24, 2.45) is 0 Å². The highest BCUT2D eigenvalue weighted by atomic mass is 79.9. The Morgan fingerprint density at radius 3 is 2.59 bits per heavy atom. The second kappa shape index (κ2) is 8.69. The van der Waals surface area contributed by atoms with Crippen LogP contribution in [0.25, 0.3) is 11.1 Å². The van der Waals surface area contributed by atoms with Crippen LogP contribution < -0.4 is 5.32 Å². The van der Waals surface area contributed by atoms with Gasteiger partial charge in [-0.1, -0.05) is 51.0 Å². The topological polar surface area (TPSA) is 54.9 Å². The summed E-state index contributed by atoms with van der Waals surface area (Å²) in [7, 11) is 0. The lowest BCUT2D eigenvalue weighted by atomic mass is 10.2. The third-order valence-electron chi connectivity index (χ3n) is 3.43. The first kappa shape index (κ1) is 19.6. The van der Waals surface area contributed by atoms with Gasteiger partial charge in [-0.05, 0) is 42.0 Å². The van der Waals surface area contributed by atoms with Crippen molar-refractivity contribution in [3.8, 4) is 0 Å². The molecule has 0 unspecified atom stereocenters. The van der Waals surface area contributed by atoms with Gasteiger partial charge < -0.3 is 5.32 Å². The molecule has 0 radical (unpaired) electrons. The van der Waals surface area contributed by atoms with Crippen molar-refractivity contribution in [1.29, 1.82) is 0 Å². The minimum atomic E-state index is -0.432. The molecular weight excluding hydrogens is 460 g/mol. The third-order valence-corrected chi connectivity index (χ3v) is 5.28. The van der Waals surface area contributed by atoms with Crippen LogP contribution in [-0.4, -0.2) is 16.1 Å². The summed E-state index contributed by atoms with van der Waals surface area (Å²) in [4.78, 5) is 12.2. The number of carbonyl (C=O) groups is 1. The number of nitrogens with one attached hydrogen (secondary N) is 1. The number of hydrogen-bond acceptors (Lipinski definition) is 4. The van der Waals surface area contributed by atoms with E-state index in [-0.39, 0.29) is 28.0 Å². The molecule has 0 aliphatic heterocycles. The number of rotatable bonds is 5. The van der Waals surface area contributed by atoms with E-state index in [0.29, 0.717) is 9.48 Å². The summed E-state index contributed by atoms with van der Waals surface area (Å²) in [6.07, 6.45) is 1.42. The van der Waals surface area contributed by atoms with Gasteiger partial charge in [0.15, 0.2) is 5.01 Å². The average Bonchev–Trinajstić information content (AvgIpc) is 3.14. The van der Waals surface area contributed by atoms with Gasteiger partial charge in [-0.25, -0.2) is 8.78 Å². The number of hydrogen-bond donors (Lipinski definition) is 1. The molecule has 0 aliphatic rings. The van der Waals surface area contributed by atoms with Crippen LogP contribution in [0.1, 0.15) is 25.9 Å². The Kier molecular flexibility index (Phi) is 6.30. The zero-order chi connectivity index (χ0) is 19.4. The van der Waals surface area contributed by atoms with Crippen molar-refractivity contribution in [3.05, 3.63) is 79.7 Å². The Balaban J connectivity index is 1.69. The smallest absolute Gasteiger partial charge is 0.282 e. The van der Waals surface area contributed by atoms with Gasteiger partial charge in [-0.15, -0.1) is 10.2 Å².